The van der Waals surface area contributed by atoms with Gasteiger partial charge in [-0.25, -0.2) is 4.39 Å². The summed E-state index contributed by atoms with van der Waals surface area (Å²) in [4.78, 5) is 1.25. The number of hydrogen-bond donors (Lipinski definition) is 1. The smallest absolute Gasteiger partial charge is 0.126 e. The van der Waals surface area contributed by atoms with E-state index in [-0.39, 0.29) is 11.9 Å². The maximum absolute atomic E-state index is 13.9. The highest BCUT2D eigenvalue weighted by atomic mass is 32.2. The maximum Gasteiger partial charge on any atom is 0.126 e. The molecule has 0 aromatic heterocycles. The Morgan fingerprint density at radius 2 is 1.80 bits per heavy atom. The SMILES string of the molecule is CCNC(Cc1ccccc1F)c1ccccc1SC. The predicted molar refractivity (Wildman–Crippen MR) is 84.7 cm³/mol. The minimum atomic E-state index is -0.128. The van der Waals surface area contributed by atoms with Crippen LogP contribution in [0.25, 0.3) is 0 Å². The van der Waals surface area contributed by atoms with E-state index in [0.717, 1.165) is 12.1 Å². The number of hydrogen-bond acceptors (Lipinski definition) is 2. The van der Waals surface area contributed by atoms with Gasteiger partial charge < -0.3 is 5.32 Å². The lowest BCUT2D eigenvalue weighted by atomic mass is 9.98. The fourth-order valence-electron chi connectivity index (χ4n) is 2.38. The fourth-order valence-corrected chi connectivity index (χ4v) is 3.04. The third-order valence-electron chi connectivity index (χ3n) is 3.35. The minimum absolute atomic E-state index is 0.128. The number of rotatable bonds is 6. The Kier molecular flexibility index (Phi) is 5.62. The molecular weight excluding hydrogens is 269 g/mol. The van der Waals surface area contributed by atoms with E-state index in [4.69, 9.17) is 0 Å². The van der Waals surface area contributed by atoms with Gasteiger partial charge in [-0.2, -0.15) is 0 Å². The van der Waals surface area contributed by atoms with Crippen LogP contribution in [0.4, 0.5) is 4.39 Å². The van der Waals surface area contributed by atoms with Gasteiger partial charge in [-0.05, 0) is 42.5 Å². The van der Waals surface area contributed by atoms with E-state index in [1.54, 1.807) is 17.8 Å². The van der Waals surface area contributed by atoms with Crippen molar-refractivity contribution in [3.63, 3.8) is 0 Å². The first-order valence-electron chi connectivity index (χ1n) is 6.86. The van der Waals surface area contributed by atoms with E-state index in [2.05, 4.69) is 30.6 Å². The van der Waals surface area contributed by atoms with E-state index in [1.807, 2.05) is 24.3 Å². The van der Waals surface area contributed by atoms with Gasteiger partial charge in [-0.1, -0.05) is 43.3 Å². The van der Waals surface area contributed by atoms with Crippen LogP contribution in [0.15, 0.2) is 53.4 Å². The van der Waals surface area contributed by atoms with Crippen LogP contribution >= 0.6 is 11.8 Å². The van der Waals surface area contributed by atoms with Crippen molar-refractivity contribution in [2.75, 3.05) is 12.8 Å². The summed E-state index contributed by atoms with van der Waals surface area (Å²) < 4.78 is 13.9. The lowest BCUT2D eigenvalue weighted by Gasteiger charge is -2.21. The molecule has 0 aliphatic carbocycles. The van der Waals surface area contributed by atoms with Crippen LogP contribution in [0.2, 0.25) is 0 Å². The first-order valence-corrected chi connectivity index (χ1v) is 8.08. The highest BCUT2D eigenvalue weighted by Crippen LogP contribution is 2.28. The third-order valence-corrected chi connectivity index (χ3v) is 4.16. The maximum atomic E-state index is 13.9. The Labute approximate surface area is 124 Å². The molecule has 2 aromatic carbocycles. The van der Waals surface area contributed by atoms with Gasteiger partial charge in [0, 0.05) is 10.9 Å². The Morgan fingerprint density at radius 1 is 1.10 bits per heavy atom. The summed E-state index contributed by atoms with van der Waals surface area (Å²) in [6.07, 6.45) is 2.74. The van der Waals surface area contributed by atoms with E-state index >= 15 is 0 Å². The van der Waals surface area contributed by atoms with Crippen LogP contribution in [0.3, 0.4) is 0 Å². The molecule has 0 spiro atoms. The van der Waals surface area contributed by atoms with Crippen molar-refractivity contribution in [1.29, 1.82) is 0 Å². The van der Waals surface area contributed by atoms with Crippen molar-refractivity contribution in [3.05, 3.63) is 65.5 Å². The summed E-state index contributed by atoms with van der Waals surface area (Å²) >= 11 is 1.73. The van der Waals surface area contributed by atoms with Gasteiger partial charge in [-0.15, -0.1) is 11.8 Å². The molecule has 1 unspecified atom stereocenters. The zero-order chi connectivity index (χ0) is 14.4. The minimum Gasteiger partial charge on any atom is -0.310 e. The molecule has 1 N–H and O–H groups in total. The Bertz CT molecular complexity index is 556. The van der Waals surface area contributed by atoms with Gasteiger partial charge in [0.25, 0.3) is 0 Å². The molecule has 2 aromatic rings. The molecule has 0 aliphatic heterocycles. The number of benzene rings is 2. The molecule has 0 radical (unpaired) electrons. The quantitative estimate of drug-likeness (QED) is 0.789. The number of halogens is 1. The molecule has 2 rings (SSSR count). The summed E-state index contributed by atoms with van der Waals surface area (Å²) in [7, 11) is 0. The molecule has 20 heavy (non-hydrogen) atoms. The van der Waals surface area contributed by atoms with Crippen molar-refractivity contribution >= 4 is 11.8 Å². The second kappa shape index (κ2) is 7.46. The van der Waals surface area contributed by atoms with Gasteiger partial charge in [0.05, 0.1) is 0 Å². The average molecular weight is 289 g/mol. The fraction of sp³-hybridized carbons (Fsp3) is 0.294. The predicted octanol–water partition coefficient (Wildman–Crippen LogP) is 4.44. The number of nitrogens with one attached hydrogen (secondary N) is 1. The second-order valence-corrected chi connectivity index (χ2v) is 5.50. The molecule has 3 heteroatoms. The summed E-state index contributed by atoms with van der Waals surface area (Å²) in [5.74, 6) is -0.128. The molecule has 0 amide bonds. The van der Waals surface area contributed by atoms with E-state index < -0.39 is 0 Å². The Morgan fingerprint density at radius 3 is 2.50 bits per heavy atom. The molecule has 0 saturated heterocycles. The summed E-state index contributed by atoms with van der Waals surface area (Å²) in [6, 6.07) is 15.5. The van der Waals surface area contributed by atoms with Crippen LogP contribution in [0.5, 0.6) is 0 Å². The normalized spacial score (nSPS) is 12.3. The van der Waals surface area contributed by atoms with E-state index in [1.165, 1.54) is 16.5 Å². The van der Waals surface area contributed by atoms with Crippen LogP contribution in [-0.2, 0) is 6.42 Å². The molecule has 106 valence electrons. The summed E-state index contributed by atoms with van der Waals surface area (Å²) in [5, 5.41) is 3.47. The van der Waals surface area contributed by atoms with Crippen LogP contribution < -0.4 is 5.32 Å². The van der Waals surface area contributed by atoms with Gasteiger partial charge in [0.2, 0.25) is 0 Å². The first kappa shape index (κ1) is 15.1. The topological polar surface area (TPSA) is 12.0 Å². The lowest BCUT2D eigenvalue weighted by Crippen LogP contribution is -2.23. The first-order chi connectivity index (χ1) is 9.76. The van der Waals surface area contributed by atoms with Crippen molar-refractivity contribution in [2.24, 2.45) is 0 Å². The Hall–Kier alpha value is -1.32. The monoisotopic (exact) mass is 289 g/mol. The van der Waals surface area contributed by atoms with Gasteiger partial charge in [0.1, 0.15) is 5.82 Å². The van der Waals surface area contributed by atoms with Gasteiger partial charge in [0.15, 0.2) is 0 Å². The summed E-state index contributed by atoms with van der Waals surface area (Å²) in [6.45, 7) is 2.94. The third kappa shape index (κ3) is 3.62. The highest BCUT2D eigenvalue weighted by molar-refractivity contribution is 7.98. The molecule has 0 fully saturated rings. The second-order valence-electron chi connectivity index (χ2n) is 4.65. The molecule has 0 aliphatic rings. The van der Waals surface area contributed by atoms with Crippen LogP contribution in [-0.4, -0.2) is 12.8 Å². The molecule has 1 atom stereocenters. The largest absolute Gasteiger partial charge is 0.310 e. The van der Waals surface area contributed by atoms with Crippen molar-refractivity contribution in [1.82, 2.24) is 5.32 Å². The van der Waals surface area contributed by atoms with Crippen molar-refractivity contribution in [3.8, 4) is 0 Å². The molecule has 0 bridgehead atoms. The van der Waals surface area contributed by atoms with Gasteiger partial charge in [-0.3, -0.25) is 0 Å². The van der Waals surface area contributed by atoms with Crippen molar-refractivity contribution < 1.29 is 4.39 Å². The molecule has 1 nitrogen and oxygen atoms in total. The zero-order valence-corrected chi connectivity index (χ0v) is 12.7. The Balaban J connectivity index is 2.29. The van der Waals surface area contributed by atoms with Crippen molar-refractivity contribution in [2.45, 2.75) is 24.3 Å². The number of thioether (sulfide) groups is 1. The van der Waals surface area contributed by atoms with Gasteiger partial charge >= 0.3 is 0 Å². The molecule has 0 saturated carbocycles. The van der Waals surface area contributed by atoms with E-state index in [0.29, 0.717) is 6.42 Å². The summed E-state index contributed by atoms with van der Waals surface area (Å²) in [5.41, 5.74) is 2.00. The zero-order valence-electron chi connectivity index (χ0n) is 11.9. The van der Waals surface area contributed by atoms with Crippen LogP contribution in [0, 0.1) is 5.82 Å². The lowest BCUT2D eigenvalue weighted by molar-refractivity contribution is 0.522. The number of likely N-dealkylation sites (N-methyl/N-ethyl adjacent to an activating group) is 1. The average Bonchev–Trinajstić information content (AvgIpc) is 2.49. The molecule has 0 heterocycles. The van der Waals surface area contributed by atoms with Crippen LogP contribution in [0.1, 0.15) is 24.1 Å². The van der Waals surface area contributed by atoms with E-state index in [9.17, 15) is 4.39 Å². The highest BCUT2D eigenvalue weighted by Gasteiger charge is 2.16. The standard InChI is InChI=1S/C17H20FNS/c1-3-19-16(12-13-8-4-6-10-15(13)18)14-9-5-7-11-17(14)20-2/h4-11,16,19H,3,12H2,1-2H3. The molecular formula is C17H20FNS.